The van der Waals surface area contributed by atoms with Crippen molar-refractivity contribution >= 4 is 35.0 Å². The van der Waals surface area contributed by atoms with Gasteiger partial charge >= 0.3 is 0 Å². The van der Waals surface area contributed by atoms with Crippen LogP contribution in [0.5, 0.6) is 0 Å². The maximum Gasteiger partial charge on any atom is 0.239 e. The van der Waals surface area contributed by atoms with E-state index in [-0.39, 0.29) is 16.5 Å². The number of hydrogen-bond acceptors (Lipinski definition) is 2. The van der Waals surface area contributed by atoms with Crippen LogP contribution >= 0.6 is 23.4 Å². The summed E-state index contributed by atoms with van der Waals surface area (Å²) in [4.78, 5) is 13.4. The van der Waals surface area contributed by atoms with E-state index < -0.39 is 0 Å². The van der Waals surface area contributed by atoms with Crippen LogP contribution in [0.1, 0.15) is 6.92 Å². The Bertz CT molecular complexity index is 545. The quantitative estimate of drug-likeness (QED) is 0.654. The maximum atomic E-state index is 12.3. The fourth-order valence-corrected chi connectivity index (χ4v) is 2.97. The number of carbonyl (C=O) groups is 1. The van der Waals surface area contributed by atoms with Crippen molar-refractivity contribution in [2.24, 2.45) is 0 Å². The summed E-state index contributed by atoms with van der Waals surface area (Å²) in [5.74, 6) is -0.0763. The molecule has 1 amide bonds. The van der Waals surface area contributed by atoms with Crippen molar-refractivity contribution in [2.45, 2.75) is 22.4 Å². The van der Waals surface area contributed by atoms with Gasteiger partial charge in [0.2, 0.25) is 5.91 Å². The molecular weight excluding hydrogens is 290 g/mol. The molecule has 4 heteroatoms. The average molecular weight is 306 g/mol. The first-order valence-electron chi connectivity index (χ1n) is 6.38. The zero-order valence-electron chi connectivity index (χ0n) is 11.1. The number of hydrogen-bond donors (Lipinski definition) is 1. The molecular formula is C16H16ClNOS. The highest BCUT2D eigenvalue weighted by Gasteiger charge is 2.25. The second kappa shape index (κ2) is 7.36. The van der Waals surface area contributed by atoms with Crippen LogP contribution in [0, 0.1) is 0 Å². The molecule has 0 aliphatic carbocycles. The zero-order valence-corrected chi connectivity index (χ0v) is 12.7. The summed E-state index contributed by atoms with van der Waals surface area (Å²) in [6.07, 6.45) is 0. The Labute approximate surface area is 128 Å². The van der Waals surface area contributed by atoms with Crippen molar-refractivity contribution in [2.75, 3.05) is 5.32 Å². The third kappa shape index (κ3) is 4.29. The van der Waals surface area contributed by atoms with Crippen LogP contribution in [0.15, 0.2) is 65.6 Å². The predicted octanol–water partition coefficient (Wildman–Crippen LogP) is 4.41. The van der Waals surface area contributed by atoms with E-state index in [4.69, 9.17) is 11.6 Å². The van der Waals surface area contributed by atoms with Gasteiger partial charge in [-0.25, -0.2) is 0 Å². The highest BCUT2D eigenvalue weighted by Crippen LogP contribution is 2.28. The molecule has 2 atom stereocenters. The van der Waals surface area contributed by atoms with Gasteiger partial charge in [-0.1, -0.05) is 36.4 Å². The molecule has 20 heavy (non-hydrogen) atoms. The minimum Gasteiger partial charge on any atom is -0.325 e. The molecule has 104 valence electrons. The van der Waals surface area contributed by atoms with Crippen molar-refractivity contribution in [1.82, 2.24) is 0 Å². The van der Waals surface area contributed by atoms with Gasteiger partial charge < -0.3 is 5.32 Å². The Balaban J connectivity index is 2.07. The average Bonchev–Trinajstić information content (AvgIpc) is 2.46. The van der Waals surface area contributed by atoms with Gasteiger partial charge in [0, 0.05) is 10.6 Å². The lowest BCUT2D eigenvalue weighted by Crippen LogP contribution is -2.31. The molecule has 2 aromatic rings. The van der Waals surface area contributed by atoms with E-state index >= 15 is 0 Å². The standard InChI is InChI=1S/C16H16ClNOS/c1-12(17)15(20-14-10-6-3-7-11-14)16(19)18-13-8-4-2-5-9-13/h2-12,15H,1H3,(H,18,19)/t12-,15-/m1/s1. The number of halogens is 1. The topological polar surface area (TPSA) is 29.1 Å². The summed E-state index contributed by atoms with van der Waals surface area (Å²) in [6, 6.07) is 19.2. The molecule has 2 aromatic carbocycles. The monoisotopic (exact) mass is 305 g/mol. The SMILES string of the molecule is C[C@@H](Cl)[C@@H](Sc1ccccc1)C(=O)Nc1ccccc1. The fourth-order valence-electron chi connectivity index (χ4n) is 1.74. The maximum absolute atomic E-state index is 12.3. The lowest BCUT2D eigenvalue weighted by atomic mass is 10.2. The highest BCUT2D eigenvalue weighted by atomic mass is 35.5. The summed E-state index contributed by atoms with van der Waals surface area (Å²) in [5.41, 5.74) is 0.786. The minimum atomic E-state index is -0.334. The third-order valence-corrected chi connectivity index (χ3v) is 4.55. The number of rotatable bonds is 5. The van der Waals surface area contributed by atoms with Crippen molar-refractivity contribution in [3.05, 3.63) is 60.7 Å². The molecule has 0 fully saturated rings. The molecule has 1 N–H and O–H groups in total. The molecule has 2 rings (SSSR count). The number of thioether (sulfide) groups is 1. The van der Waals surface area contributed by atoms with E-state index in [0.29, 0.717) is 0 Å². The van der Waals surface area contributed by atoms with E-state index in [0.717, 1.165) is 10.6 Å². The van der Waals surface area contributed by atoms with Gasteiger partial charge in [-0.05, 0) is 31.2 Å². The molecule has 0 bridgehead atoms. The summed E-state index contributed by atoms with van der Waals surface area (Å²) >= 11 is 7.65. The smallest absolute Gasteiger partial charge is 0.239 e. The molecule has 0 aliphatic heterocycles. The molecule has 0 unspecified atom stereocenters. The van der Waals surface area contributed by atoms with Gasteiger partial charge in [0.25, 0.3) is 0 Å². The molecule has 0 saturated heterocycles. The number of carbonyl (C=O) groups excluding carboxylic acids is 1. The zero-order chi connectivity index (χ0) is 14.4. The molecule has 0 spiro atoms. The van der Waals surface area contributed by atoms with Gasteiger partial charge in [0.1, 0.15) is 5.25 Å². The van der Waals surface area contributed by atoms with Crippen LogP contribution in [0.2, 0.25) is 0 Å². The Morgan fingerprint density at radius 2 is 1.60 bits per heavy atom. The largest absolute Gasteiger partial charge is 0.325 e. The molecule has 2 nitrogen and oxygen atoms in total. The van der Waals surface area contributed by atoms with E-state index in [1.54, 1.807) is 0 Å². The fraction of sp³-hybridized carbons (Fsp3) is 0.188. The van der Waals surface area contributed by atoms with Crippen molar-refractivity contribution in [1.29, 1.82) is 0 Å². The van der Waals surface area contributed by atoms with Crippen LogP contribution < -0.4 is 5.32 Å². The number of benzene rings is 2. The van der Waals surface area contributed by atoms with Crippen molar-refractivity contribution < 1.29 is 4.79 Å². The third-order valence-electron chi connectivity index (χ3n) is 2.72. The van der Waals surface area contributed by atoms with Gasteiger partial charge in [0.15, 0.2) is 0 Å². The van der Waals surface area contributed by atoms with Crippen LogP contribution in [0.4, 0.5) is 5.69 Å². The number of alkyl halides is 1. The Kier molecular flexibility index (Phi) is 5.50. The highest BCUT2D eigenvalue weighted by molar-refractivity contribution is 8.00. The van der Waals surface area contributed by atoms with E-state index in [1.165, 1.54) is 11.8 Å². The number of para-hydroxylation sites is 1. The summed E-state index contributed by atoms with van der Waals surface area (Å²) in [5, 5.41) is 2.31. The molecule has 0 saturated carbocycles. The normalized spacial score (nSPS) is 13.5. The van der Waals surface area contributed by atoms with Crippen LogP contribution in [-0.4, -0.2) is 16.5 Å². The number of anilines is 1. The summed E-state index contributed by atoms with van der Waals surface area (Å²) in [7, 11) is 0. The lowest BCUT2D eigenvalue weighted by Gasteiger charge is -2.18. The first-order valence-corrected chi connectivity index (χ1v) is 7.70. The predicted molar refractivity (Wildman–Crippen MR) is 86.5 cm³/mol. The molecule has 0 aromatic heterocycles. The lowest BCUT2D eigenvalue weighted by molar-refractivity contribution is -0.115. The van der Waals surface area contributed by atoms with Crippen LogP contribution in [-0.2, 0) is 4.79 Å². The van der Waals surface area contributed by atoms with Crippen LogP contribution in [0.25, 0.3) is 0 Å². The van der Waals surface area contributed by atoms with E-state index in [2.05, 4.69) is 5.32 Å². The van der Waals surface area contributed by atoms with Crippen molar-refractivity contribution in [3.8, 4) is 0 Å². The Morgan fingerprint density at radius 1 is 1.05 bits per heavy atom. The van der Waals surface area contributed by atoms with E-state index in [9.17, 15) is 4.79 Å². The first-order chi connectivity index (χ1) is 9.66. The van der Waals surface area contributed by atoms with Crippen molar-refractivity contribution in [3.63, 3.8) is 0 Å². The Morgan fingerprint density at radius 3 is 2.15 bits per heavy atom. The second-order valence-electron chi connectivity index (χ2n) is 4.38. The first kappa shape index (κ1) is 14.9. The second-order valence-corrected chi connectivity index (χ2v) is 6.29. The molecule has 0 aliphatic rings. The van der Waals surface area contributed by atoms with Gasteiger partial charge in [-0.2, -0.15) is 0 Å². The Hall–Kier alpha value is -1.45. The summed E-state index contributed by atoms with van der Waals surface area (Å²) < 4.78 is 0. The number of amides is 1. The number of nitrogens with one attached hydrogen (secondary N) is 1. The van der Waals surface area contributed by atoms with Gasteiger partial charge in [0.05, 0.1) is 5.38 Å². The van der Waals surface area contributed by atoms with Gasteiger partial charge in [-0.15, -0.1) is 23.4 Å². The minimum absolute atomic E-state index is 0.0763. The van der Waals surface area contributed by atoms with Crippen LogP contribution in [0.3, 0.4) is 0 Å². The molecule has 0 heterocycles. The summed E-state index contributed by atoms with van der Waals surface area (Å²) in [6.45, 7) is 1.84. The molecule has 0 radical (unpaired) electrons. The van der Waals surface area contributed by atoms with E-state index in [1.807, 2.05) is 67.6 Å². The van der Waals surface area contributed by atoms with Gasteiger partial charge in [-0.3, -0.25) is 4.79 Å².